The van der Waals surface area contributed by atoms with Gasteiger partial charge in [-0.1, -0.05) is 42.8 Å². The molecular formula is C28H28F4O3S3. The number of halogens is 4. The number of hydrogen-bond donors (Lipinski definition) is 0. The van der Waals surface area contributed by atoms with E-state index in [1.54, 1.807) is 11.8 Å². The molecule has 0 N–H and O–H groups in total. The molecular weight excluding hydrogens is 556 g/mol. The van der Waals surface area contributed by atoms with Gasteiger partial charge in [-0.25, -0.2) is 8.42 Å². The fraction of sp³-hybridized carbons (Fsp3) is 0.357. The van der Waals surface area contributed by atoms with Gasteiger partial charge in [-0.05, 0) is 85.9 Å². The topological polar surface area (TPSA) is 57.2 Å². The summed E-state index contributed by atoms with van der Waals surface area (Å²) < 4.78 is 84.0. The van der Waals surface area contributed by atoms with E-state index >= 15 is 0 Å². The first-order valence-electron chi connectivity index (χ1n) is 12.1. The van der Waals surface area contributed by atoms with Crippen LogP contribution in [0.4, 0.5) is 17.6 Å². The van der Waals surface area contributed by atoms with Crippen LogP contribution in [-0.2, 0) is 21.0 Å². The molecule has 0 aliphatic heterocycles. The van der Waals surface area contributed by atoms with Gasteiger partial charge in [0, 0.05) is 10.8 Å². The molecule has 2 fully saturated rings. The van der Waals surface area contributed by atoms with E-state index in [0.29, 0.717) is 19.3 Å². The van der Waals surface area contributed by atoms with Crippen molar-refractivity contribution >= 4 is 32.8 Å². The third-order valence-electron chi connectivity index (χ3n) is 7.16. The van der Waals surface area contributed by atoms with Crippen LogP contribution >= 0.6 is 11.8 Å². The van der Waals surface area contributed by atoms with Crippen molar-refractivity contribution in [3.63, 3.8) is 0 Å². The summed E-state index contributed by atoms with van der Waals surface area (Å²) in [6.07, 6.45) is 3.54. The van der Waals surface area contributed by atoms with Gasteiger partial charge in [0.2, 0.25) is 0 Å². The summed E-state index contributed by atoms with van der Waals surface area (Å²) in [5.41, 5.74) is 0. The number of hydrogen-bond acceptors (Lipinski definition) is 4. The standard InChI is InChI=1S/C19H17S2.C9H12F4O3S/c1-20-16-12-14-19(15-13-16)21(17-8-4-2-5-9-17)18-10-6-3-7-11-18;10-8(11,9(12,13)17(14,15)16)7-4-5-1-2-6(7)3-5/h2-15H,1H3;5-7H,1-4H2,(H,14,15,16)/q+1;/p-1. The van der Waals surface area contributed by atoms with Gasteiger partial charge in [0.25, 0.3) is 0 Å². The second-order valence-corrected chi connectivity index (χ2v) is 13.8. The summed E-state index contributed by atoms with van der Waals surface area (Å²) in [6, 6.07) is 30.5. The monoisotopic (exact) mass is 584 g/mol. The first-order chi connectivity index (χ1) is 18.0. The Morgan fingerprint density at radius 2 is 1.29 bits per heavy atom. The maximum atomic E-state index is 13.5. The van der Waals surface area contributed by atoms with Crippen molar-refractivity contribution in [3.8, 4) is 0 Å². The van der Waals surface area contributed by atoms with Crippen LogP contribution in [0.2, 0.25) is 0 Å². The Kier molecular flexibility index (Phi) is 8.86. The maximum Gasteiger partial charge on any atom is 0.396 e. The zero-order chi connectivity index (χ0) is 27.6. The zero-order valence-corrected chi connectivity index (χ0v) is 23.1. The first-order valence-corrected chi connectivity index (χ1v) is 16.0. The molecule has 2 bridgehead atoms. The number of benzene rings is 3. The average molecular weight is 585 g/mol. The largest absolute Gasteiger partial charge is 0.743 e. The second kappa shape index (κ2) is 11.6. The Morgan fingerprint density at radius 3 is 1.68 bits per heavy atom. The number of thioether (sulfide) groups is 1. The molecule has 0 heterocycles. The van der Waals surface area contributed by atoms with E-state index in [9.17, 15) is 30.5 Å². The van der Waals surface area contributed by atoms with Crippen molar-refractivity contribution < 1.29 is 30.5 Å². The normalized spacial score (nSPS) is 21.3. The molecule has 2 aliphatic rings. The summed E-state index contributed by atoms with van der Waals surface area (Å²) in [7, 11) is -6.38. The molecule has 0 radical (unpaired) electrons. The predicted octanol–water partition coefficient (Wildman–Crippen LogP) is 7.70. The molecule has 3 atom stereocenters. The predicted molar refractivity (Wildman–Crippen MR) is 142 cm³/mol. The van der Waals surface area contributed by atoms with Crippen LogP contribution in [0.15, 0.2) is 105 Å². The van der Waals surface area contributed by atoms with Crippen molar-refractivity contribution in [2.45, 2.75) is 56.4 Å². The Labute approximate surface area is 228 Å². The summed E-state index contributed by atoms with van der Waals surface area (Å²) >= 11 is 1.78. The third-order valence-corrected chi connectivity index (χ3v) is 11.0. The Morgan fingerprint density at radius 1 is 0.789 bits per heavy atom. The quantitative estimate of drug-likeness (QED) is 0.124. The summed E-state index contributed by atoms with van der Waals surface area (Å²) in [5.74, 6) is -7.10. The van der Waals surface area contributed by atoms with Crippen LogP contribution in [-0.4, -0.2) is 30.4 Å². The van der Waals surface area contributed by atoms with Gasteiger partial charge < -0.3 is 4.55 Å². The molecule has 38 heavy (non-hydrogen) atoms. The van der Waals surface area contributed by atoms with E-state index in [4.69, 9.17) is 0 Å². The third kappa shape index (κ3) is 5.93. The van der Waals surface area contributed by atoms with Crippen molar-refractivity contribution in [2.24, 2.45) is 17.8 Å². The van der Waals surface area contributed by atoms with Crippen molar-refractivity contribution in [3.05, 3.63) is 84.9 Å². The van der Waals surface area contributed by atoms with Crippen LogP contribution in [0.3, 0.4) is 0 Å². The Hall–Kier alpha value is -2.01. The zero-order valence-electron chi connectivity index (χ0n) is 20.6. The average Bonchev–Trinajstić information content (AvgIpc) is 3.55. The molecule has 3 nitrogen and oxygen atoms in total. The molecule has 204 valence electrons. The van der Waals surface area contributed by atoms with E-state index in [1.165, 1.54) is 19.6 Å². The lowest BCUT2D eigenvalue weighted by atomic mass is 9.84. The van der Waals surface area contributed by atoms with Gasteiger partial charge in [-0.15, -0.1) is 11.8 Å². The Balaban J connectivity index is 0.000000181. The highest BCUT2D eigenvalue weighted by Gasteiger charge is 2.68. The number of rotatable bonds is 7. The molecule has 10 heteroatoms. The SMILES string of the molecule is CSc1ccc([S+](c2ccccc2)c2ccccc2)cc1.O=S(=O)([O-])C(F)(F)C(F)(F)C1CC2CCC1C2. The van der Waals surface area contributed by atoms with Crippen LogP contribution in [0.25, 0.3) is 0 Å². The molecule has 2 saturated carbocycles. The van der Waals surface area contributed by atoms with Crippen LogP contribution in [0.1, 0.15) is 25.7 Å². The molecule has 0 saturated heterocycles. The lowest BCUT2D eigenvalue weighted by Gasteiger charge is -2.36. The minimum Gasteiger partial charge on any atom is -0.743 e. The molecule has 0 spiro atoms. The number of fused-ring (bicyclic) bond motifs is 2. The van der Waals surface area contributed by atoms with E-state index in [0.717, 1.165) is 0 Å². The lowest BCUT2D eigenvalue weighted by molar-refractivity contribution is -0.202. The minimum absolute atomic E-state index is 0.0341. The smallest absolute Gasteiger partial charge is 0.396 e. The molecule has 2 aliphatic carbocycles. The Bertz CT molecular complexity index is 1260. The maximum absolute atomic E-state index is 13.5. The highest BCUT2D eigenvalue weighted by atomic mass is 32.2. The van der Waals surface area contributed by atoms with Gasteiger partial charge in [-0.2, -0.15) is 17.6 Å². The number of alkyl halides is 4. The molecule has 3 aromatic rings. The highest BCUT2D eigenvalue weighted by Crippen LogP contribution is 2.58. The highest BCUT2D eigenvalue weighted by molar-refractivity contribution is 7.98. The summed E-state index contributed by atoms with van der Waals surface area (Å²) in [6.45, 7) is 0. The minimum atomic E-state index is -6.35. The van der Waals surface area contributed by atoms with Gasteiger partial charge in [0.05, 0.1) is 10.9 Å². The molecule has 3 aromatic carbocycles. The molecule has 0 aromatic heterocycles. The van der Waals surface area contributed by atoms with E-state index < -0.39 is 33.1 Å². The van der Waals surface area contributed by atoms with Crippen LogP contribution in [0, 0.1) is 17.8 Å². The molecule has 5 rings (SSSR count). The van der Waals surface area contributed by atoms with E-state index in [1.807, 2.05) is 0 Å². The molecule has 3 unspecified atom stereocenters. The van der Waals surface area contributed by atoms with Gasteiger partial charge in [-0.3, -0.25) is 0 Å². The van der Waals surface area contributed by atoms with Crippen LogP contribution in [0.5, 0.6) is 0 Å². The summed E-state index contributed by atoms with van der Waals surface area (Å²) in [5, 5.41) is -5.52. The van der Waals surface area contributed by atoms with E-state index in [-0.39, 0.29) is 23.2 Å². The van der Waals surface area contributed by atoms with Gasteiger partial charge >= 0.3 is 11.2 Å². The van der Waals surface area contributed by atoms with Crippen molar-refractivity contribution in [1.29, 1.82) is 0 Å². The van der Waals surface area contributed by atoms with Gasteiger partial charge in [0.1, 0.15) is 0 Å². The fourth-order valence-corrected chi connectivity index (χ4v) is 8.28. The van der Waals surface area contributed by atoms with Crippen molar-refractivity contribution in [2.75, 3.05) is 6.26 Å². The van der Waals surface area contributed by atoms with E-state index in [2.05, 4.69) is 91.2 Å². The molecule has 0 amide bonds. The second-order valence-electron chi connectivity index (χ2n) is 9.48. The lowest BCUT2D eigenvalue weighted by Crippen LogP contribution is -2.52. The van der Waals surface area contributed by atoms with Crippen molar-refractivity contribution in [1.82, 2.24) is 0 Å². The van der Waals surface area contributed by atoms with Crippen LogP contribution < -0.4 is 0 Å². The first kappa shape index (κ1) is 29.0. The fourth-order valence-electron chi connectivity index (χ4n) is 5.30. The van der Waals surface area contributed by atoms with Gasteiger partial charge in [0.15, 0.2) is 24.8 Å². The summed E-state index contributed by atoms with van der Waals surface area (Å²) in [4.78, 5) is 5.40.